The first-order valence-electron chi connectivity index (χ1n) is 17.3. The van der Waals surface area contributed by atoms with Gasteiger partial charge in [0.05, 0.1) is 19.2 Å². The van der Waals surface area contributed by atoms with Crippen LogP contribution >= 0.6 is 0 Å². The molecule has 8 rings (SSSR count). The fourth-order valence-electron chi connectivity index (χ4n) is 6.80. The van der Waals surface area contributed by atoms with E-state index in [4.69, 9.17) is 4.74 Å². The van der Waals surface area contributed by atoms with E-state index in [1.807, 2.05) is 116 Å². The monoisotopic (exact) mass is 696 g/mol. The molecule has 9 heteroatoms. The van der Waals surface area contributed by atoms with Crippen molar-refractivity contribution in [1.82, 2.24) is 19.9 Å². The number of rotatable bonds is 10. The first kappa shape index (κ1) is 33.2. The predicted octanol–water partition coefficient (Wildman–Crippen LogP) is 9.37. The molecular weight excluding hydrogens is 661 g/mol. The molecule has 4 aromatic heterocycles. The van der Waals surface area contributed by atoms with Gasteiger partial charge < -0.3 is 25.6 Å². The zero-order valence-electron chi connectivity index (χ0n) is 29.1. The Morgan fingerprint density at radius 1 is 0.604 bits per heavy atom. The van der Waals surface area contributed by atoms with Crippen molar-refractivity contribution in [3.63, 3.8) is 0 Å². The zero-order chi connectivity index (χ0) is 36.3. The van der Waals surface area contributed by atoms with Gasteiger partial charge in [-0.2, -0.15) is 4.98 Å². The zero-order valence-corrected chi connectivity index (χ0v) is 29.1. The Morgan fingerprint density at radius 2 is 1.30 bits per heavy atom. The van der Waals surface area contributed by atoms with Gasteiger partial charge in [0.1, 0.15) is 34.2 Å². The van der Waals surface area contributed by atoms with Gasteiger partial charge in [-0.1, -0.05) is 91.0 Å². The molecule has 0 saturated carbocycles. The third kappa shape index (κ3) is 6.52. The van der Waals surface area contributed by atoms with Gasteiger partial charge >= 0.3 is 0 Å². The van der Waals surface area contributed by atoms with Crippen molar-refractivity contribution >= 4 is 33.4 Å². The second kappa shape index (κ2) is 14.3. The van der Waals surface area contributed by atoms with Gasteiger partial charge in [0.25, 0.3) is 0 Å². The van der Waals surface area contributed by atoms with Crippen molar-refractivity contribution in [1.29, 1.82) is 0 Å². The molecule has 8 aromatic rings. The normalized spacial score (nSPS) is 12.3. The Morgan fingerprint density at radius 3 is 2.09 bits per heavy atom. The molecule has 0 spiro atoms. The number of hydrogen-bond donors (Lipinski definition) is 4. The molecule has 0 saturated heterocycles. The van der Waals surface area contributed by atoms with Gasteiger partial charge in [0.15, 0.2) is 0 Å². The average Bonchev–Trinajstić information content (AvgIpc) is 3.21. The van der Waals surface area contributed by atoms with Crippen molar-refractivity contribution in [3.05, 3.63) is 174 Å². The number of aryl methyl sites for hydroxylation is 1. The molecule has 0 aliphatic carbocycles. The predicted molar refractivity (Wildman–Crippen MR) is 209 cm³/mol. The summed E-state index contributed by atoms with van der Waals surface area (Å²) >= 11 is 0. The van der Waals surface area contributed by atoms with Crippen molar-refractivity contribution in [2.24, 2.45) is 0 Å². The Balaban J connectivity index is 1.25. The number of phenols is 2. The van der Waals surface area contributed by atoms with E-state index in [1.165, 1.54) is 0 Å². The van der Waals surface area contributed by atoms with E-state index in [0.29, 0.717) is 33.9 Å². The highest BCUT2D eigenvalue weighted by molar-refractivity contribution is 5.99. The first-order valence-corrected chi connectivity index (χ1v) is 17.3. The lowest BCUT2D eigenvalue weighted by Gasteiger charge is -2.24. The van der Waals surface area contributed by atoms with E-state index >= 15 is 0 Å². The first-order chi connectivity index (χ1) is 26.0. The van der Waals surface area contributed by atoms with Crippen LogP contribution in [0.15, 0.2) is 146 Å². The van der Waals surface area contributed by atoms with E-state index in [2.05, 4.69) is 42.7 Å². The second-order valence-electron chi connectivity index (χ2n) is 12.8. The number of fused-ring (bicyclic) bond motifs is 2. The van der Waals surface area contributed by atoms with Gasteiger partial charge in [-0.3, -0.25) is 9.97 Å². The number of ether oxygens (including phenoxy) is 1. The fourth-order valence-corrected chi connectivity index (χ4v) is 6.80. The second-order valence-corrected chi connectivity index (χ2v) is 12.8. The van der Waals surface area contributed by atoms with Gasteiger partial charge in [-0.15, -0.1) is 0 Å². The summed E-state index contributed by atoms with van der Waals surface area (Å²) in [6, 6.07) is 40.2. The Bertz CT molecular complexity index is 2560. The van der Waals surface area contributed by atoms with Gasteiger partial charge in [0.2, 0.25) is 5.88 Å². The maximum absolute atomic E-state index is 11.8. The highest BCUT2D eigenvalue weighted by Crippen LogP contribution is 2.43. The summed E-state index contributed by atoms with van der Waals surface area (Å²) < 4.78 is 5.39. The number of pyridine rings is 4. The molecule has 4 aromatic carbocycles. The van der Waals surface area contributed by atoms with Crippen LogP contribution in [0.5, 0.6) is 17.4 Å². The third-order valence-corrected chi connectivity index (χ3v) is 9.50. The van der Waals surface area contributed by atoms with Crippen molar-refractivity contribution in [3.8, 4) is 28.5 Å². The lowest BCUT2D eigenvalue weighted by molar-refractivity contribution is 0.398. The van der Waals surface area contributed by atoms with Crippen LogP contribution in [0.1, 0.15) is 39.9 Å². The minimum absolute atomic E-state index is 0.0930. The van der Waals surface area contributed by atoms with Crippen LogP contribution in [-0.4, -0.2) is 37.3 Å². The number of nitrogens with one attached hydrogen (secondary N) is 2. The summed E-state index contributed by atoms with van der Waals surface area (Å²) in [6.07, 6.45) is 5.13. The van der Waals surface area contributed by atoms with Crippen molar-refractivity contribution in [2.75, 3.05) is 17.7 Å². The summed E-state index contributed by atoms with van der Waals surface area (Å²) in [5, 5.41) is 32.2. The van der Waals surface area contributed by atoms with E-state index < -0.39 is 12.1 Å². The number of benzene rings is 4. The molecule has 2 unspecified atom stereocenters. The molecule has 0 fully saturated rings. The summed E-state index contributed by atoms with van der Waals surface area (Å²) in [5.41, 5.74) is 7.02. The Kier molecular flexibility index (Phi) is 8.96. The molecule has 2 atom stereocenters. The fraction of sp³-hybridized carbons (Fsp3) is 0.0909. The summed E-state index contributed by atoms with van der Waals surface area (Å²) in [5.74, 6) is 1.98. The number of methoxy groups -OCH3 is 1. The van der Waals surface area contributed by atoms with Crippen molar-refractivity contribution in [2.45, 2.75) is 19.0 Å². The molecular formula is C44H36N6O3. The van der Waals surface area contributed by atoms with Crippen LogP contribution in [0, 0.1) is 6.92 Å². The molecule has 0 amide bonds. The van der Waals surface area contributed by atoms with Crippen LogP contribution in [0.25, 0.3) is 32.9 Å². The number of nitrogens with zero attached hydrogens (tertiary/aromatic N) is 4. The molecule has 260 valence electrons. The highest BCUT2D eigenvalue weighted by atomic mass is 16.5. The molecule has 0 radical (unpaired) electrons. The summed E-state index contributed by atoms with van der Waals surface area (Å²) in [6.45, 7) is 2.01. The maximum Gasteiger partial charge on any atom is 0.214 e. The van der Waals surface area contributed by atoms with Gasteiger partial charge in [-0.05, 0) is 65.1 Å². The van der Waals surface area contributed by atoms with Crippen LogP contribution < -0.4 is 15.4 Å². The molecule has 0 aliphatic heterocycles. The highest BCUT2D eigenvalue weighted by Gasteiger charge is 2.25. The molecule has 9 nitrogen and oxygen atoms in total. The summed E-state index contributed by atoms with van der Waals surface area (Å²) in [4.78, 5) is 18.3. The molecule has 4 heterocycles. The van der Waals surface area contributed by atoms with Crippen LogP contribution in [0.4, 0.5) is 11.6 Å². The SMILES string of the molecule is COc1cccc(NC(c2ccc(-c3cc(C(Nc4ncccc4C)c4ccccc4)c(O)c4ncccc34)cc2)c2ccc3cccnc3c2O)n1. The number of phenolic OH excluding ortho intramolecular Hbond substituents is 2. The topological polar surface area (TPSA) is 125 Å². The molecule has 4 N–H and O–H groups in total. The number of aromatic hydroxyl groups is 2. The number of aromatic nitrogens is 4. The van der Waals surface area contributed by atoms with E-state index in [9.17, 15) is 10.2 Å². The molecule has 53 heavy (non-hydrogen) atoms. The molecule has 0 bridgehead atoms. The van der Waals surface area contributed by atoms with Crippen molar-refractivity contribution < 1.29 is 14.9 Å². The van der Waals surface area contributed by atoms with Crippen LogP contribution in [0.2, 0.25) is 0 Å². The minimum Gasteiger partial charge on any atom is -0.505 e. The largest absolute Gasteiger partial charge is 0.505 e. The van der Waals surface area contributed by atoms with Gasteiger partial charge in [0, 0.05) is 46.6 Å². The minimum atomic E-state index is -0.489. The third-order valence-electron chi connectivity index (χ3n) is 9.50. The Hall–Kier alpha value is -7.00. The van der Waals surface area contributed by atoms with E-state index in [0.717, 1.165) is 44.4 Å². The quantitative estimate of drug-likeness (QED) is 0.111. The van der Waals surface area contributed by atoms with E-state index in [1.54, 1.807) is 31.8 Å². The molecule has 0 aliphatic rings. The number of hydrogen-bond acceptors (Lipinski definition) is 9. The maximum atomic E-state index is 11.8. The van der Waals surface area contributed by atoms with Crippen LogP contribution in [0.3, 0.4) is 0 Å². The Labute approximate surface area is 306 Å². The number of anilines is 2. The summed E-state index contributed by atoms with van der Waals surface area (Å²) in [7, 11) is 1.58. The lowest BCUT2D eigenvalue weighted by atomic mass is 9.90. The average molecular weight is 697 g/mol. The smallest absolute Gasteiger partial charge is 0.214 e. The van der Waals surface area contributed by atoms with Gasteiger partial charge in [-0.25, -0.2) is 4.98 Å². The van der Waals surface area contributed by atoms with Crippen LogP contribution in [-0.2, 0) is 0 Å². The van der Waals surface area contributed by atoms with E-state index in [-0.39, 0.29) is 11.5 Å². The standard InChI is InChI=1S/C44H36N6O3/c1-27-10-7-25-47-44(27)50-39(29-11-4-3-5-12-29)35-26-34(32-14-9-24-46-41(32)43(35)52)28-17-19-31(20-18-28)38(49-36-15-6-16-37(48-36)53-2)33-22-21-30-13-8-23-45-40(30)42(33)51/h3-26,38-39,51-52H,1-2H3,(H,47,50)(H,48,49). The lowest BCUT2D eigenvalue weighted by Crippen LogP contribution is -2.15.